The highest BCUT2D eigenvalue weighted by atomic mass is 16.5. The first-order valence-electron chi connectivity index (χ1n) is 11.2. The number of ether oxygens (including phenoxy) is 2. The van der Waals surface area contributed by atoms with Gasteiger partial charge in [-0.15, -0.1) is 0 Å². The molecule has 1 heterocycles. The number of nitrogens with zero attached hydrogens (tertiary/aromatic N) is 2. The van der Waals surface area contributed by atoms with Crippen LogP contribution in [0, 0.1) is 6.92 Å². The first-order valence-corrected chi connectivity index (χ1v) is 11.2. The van der Waals surface area contributed by atoms with Crippen LogP contribution in [0.5, 0.6) is 11.5 Å². The van der Waals surface area contributed by atoms with Crippen LogP contribution in [-0.4, -0.2) is 51.2 Å². The molecule has 4 rings (SSSR count). The Bertz CT molecular complexity index is 1080. The molecular formula is C27H31N3O3. The van der Waals surface area contributed by atoms with Crippen molar-refractivity contribution in [3.05, 3.63) is 83.9 Å². The monoisotopic (exact) mass is 445 g/mol. The maximum absolute atomic E-state index is 13.6. The minimum Gasteiger partial charge on any atom is -0.497 e. The Balaban J connectivity index is 1.53. The van der Waals surface area contributed by atoms with Gasteiger partial charge in [0.2, 0.25) is 5.91 Å². The van der Waals surface area contributed by atoms with E-state index in [1.807, 2.05) is 67.6 Å². The van der Waals surface area contributed by atoms with Crippen LogP contribution in [0.15, 0.2) is 72.8 Å². The van der Waals surface area contributed by atoms with E-state index < -0.39 is 0 Å². The molecule has 1 N–H and O–H groups in total. The molecule has 33 heavy (non-hydrogen) atoms. The van der Waals surface area contributed by atoms with Crippen molar-refractivity contribution in [2.24, 2.45) is 0 Å². The van der Waals surface area contributed by atoms with Crippen LogP contribution >= 0.6 is 0 Å². The standard InChI is InChI=1S/C27H31N3O3/c1-20-12-13-25(33-3)24(18-20)28-27(31)26(21-8-5-4-6-9-21)30-16-14-29(15-17-30)22-10-7-11-23(19-22)32-2/h4-13,18-19,26H,14-17H2,1-3H3,(H,28,31). The van der Waals surface area contributed by atoms with E-state index in [4.69, 9.17) is 9.47 Å². The molecule has 1 atom stereocenters. The summed E-state index contributed by atoms with van der Waals surface area (Å²) in [4.78, 5) is 18.2. The van der Waals surface area contributed by atoms with Gasteiger partial charge >= 0.3 is 0 Å². The molecule has 1 saturated heterocycles. The van der Waals surface area contributed by atoms with E-state index in [9.17, 15) is 4.79 Å². The minimum absolute atomic E-state index is 0.0556. The molecule has 6 nitrogen and oxygen atoms in total. The molecule has 0 bridgehead atoms. The van der Waals surface area contributed by atoms with Gasteiger partial charge in [0, 0.05) is 37.9 Å². The van der Waals surface area contributed by atoms with Crippen molar-refractivity contribution >= 4 is 17.3 Å². The maximum Gasteiger partial charge on any atom is 0.246 e. The van der Waals surface area contributed by atoms with Crippen molar-refractivity contribution in [2.45, 2.75) is 13.0 Å². The zero-order valence-electron chi connectivity index (χ0n) is 19.5. The third-order valence-electron chi connectivity index (χ3n) is 6.07. The van der Waals surface area contributed by atoms with Crippen molar-refractivity contribution in [2.75, 3.05) is 50.6 Å². The fraction of sp³-hybridized carbons (Fsp3) is 0.296. The fourth-order valence-corrected chi connectivity index (χ4v) is 4.33. The van der Waals surface area contributed by atoms with Gasteiger partial charge in [-0.1, -0.05) is 42.5 Å². The Morgan fingerprint density at radius 1 is 0.879 bits per heavy atom. The minimum atomic E-state index is -0.385. The van der Waals surface area contributed by atoms with Crippen LogP contribution in [-0.2, 0) is 4.79 Å². The first kappa shape index (κ1) is 22.7. The van der Waals surface area contributed by atoms with E-state index in [2.05, 4.69) is 27.2 Å². The second-order valence-electron chi connectivity index (χ2n) is 8.23. The number of methoxy groups -OCH3 is 2. The molecule has 1 aliphatic rings. The molecule has 0 aromatic heterocycles. The molecular weight excluding hydrogens is 414 g/mol. The molecule has 0 aliphatic carbocycles. The number of rotatable bonds is 7. The smallest absolute Gasteiger partial charge is 0.246 e. The van der Waals surface area contributed by atoms with Crippen molar-refractivity contribution in [1.29, 1.82) is 0 Å². The Hall–Kier alpha value is -3.51. The van der Waals surface area contributed by atoms with E-state index in [0.29, 0.717) is 11.4 Å². The van der Waals surface area contributed by atoms with Gasteiger partial charge in [-0.3, -0.25) is 9.69 Å². The second kappa shape index (κ2) is 10.4. The molecule has 1 amide bonds. The average molecular weight is 446 g/mol. The quantitative estimate of drug-likeness (QED) is 0.580. The van der Waals surface area contributed by atoms with E-state index >= 15 is 0 Å². The number of nitrogens with one attached hydrogen (secondary N) is 1. The summed E-state index contributed by atoms with van der Waals surface area (Å²) < 4.78 is 10.8. The summed E-state index contributed by atoms with van der Waals surface area (Å²) in [5.74, 6) is 1.45. The van der Waals surface area contributed by atoms with E-state index in [-0.39, 0.29) is 11.9 Å². The summed E-state index contributed by atoms with van der Waals surface area (Å²) in [5, 5.41) is 3.12. The van der Waals surface area contributed by atoms with Gasteiger partial charge < -0.3 is 19.7 Å². The first-order chi connectivity index (χ1) is 16.1. The van der Waals surface area contributed by atoms with Crippen LogP contribution in [0.25, 0.3) is 0 Å². The molecule has 3 aromatic carbocycles. The van der Waals surface area contributed by atoms with E-state index in [1.165, 1.54) is 0 Å². The highest BCUT2D eigenvalue weighted by molar-refractivity contribution is 5.97. The number of anilines is 2. The van der Waals surface area contributed by atoms with E-state index in [0.717, 1.165) is 48.7 Å². The van der Waals surface area contributed by atoms with Crippen LogP contribution in [0.4, 0.5) is 11.4 Å². The molecule has 6 heteroatoms. The van der Waals surface area contributed by atoms with Gasteiger partial charge in [0.1, 0.15) is 17.5 Å². The lowest BCUT2D eigenvalue weighted by Gasteiger charge is -2.39. The Morgan fingerprint density at radius 2 is 1.64 bits per heavy atom. The maximum atomic E-state index is 13.6. The predicted octanol–water partition coefficient (Wildman–Crippen LogP) is 4.51. The topological polar surface area (TPSA) is 54.0 Å². The average Bonchev–Trinajstić information content (AvgIpc) is 2.85. The third-order valence-corrected chi connectivity index (χ3v) is 6.07. The number of amides is 1. The molecule has 0 radical (unpaired) electrons. The Kier molecular flexibility index (Phi) is 7.15. The molecule has 172 valence electrons. The molecule has 1 fully saturated rings. The second-order valence-corrected chi connectivity index (χ2v) is 8.23. The highest BCUT2D eigenvalue weighted by Crippen LogP contribution is 2.30. The number of aryl methyl sites for hydroxylation is 1. The Morgan fingerprint density at radius 3 is 2.33 bits per heavy atom. The zero-order valence-corrected chi connectivity index (χ0v) is 19.5. The van der Waals surface area contributed by atoms with Crippen molar-refractivity contribution < 1.29 is 14.3 Å². The summed E-state index contributed by atoms with van der Waals surface area (Å²) in [7, 11) is 3.30. The molecule has 1 aliphatic heterocycles. The van der Waals surface area contributed by atoms with Crippen molar-refractivity contribution in [1.82, 2.24) is 4.90 Å². The molecule has 1 unspecified atom stereocenters. The number of hydrogen-bond donors (Lipinski definition) is 1. The number of benzene rings is 3. The number of hydrogen-bond acceptors (Lipinski definition) is 5. The zero-order chi connectivity index (χ0) is 23.2. The van der Waals surface area contributed by atoms with Gasteiger partial charge in [-0.2, -0.15) is 0 Å². The molecule has 0 spiro atoms. The lowest BCUT2D eigenvalue weighted by molar-refractivity contribution is -0.121. The van der Waals surface area contributed by atoms with Gasteiger partial charge in [-0.05, 0) is 42.3 Å². The summed E-state index contributed by atoms with van der Waals surface area (Å²) >= 11 is 0. The highest BCUT2D eigenvalue weighted by Gasteiger charge is 2.31. The van der Waals surface area contributed by atoms with Gasteiger partial charge in [0.05, 0.1) is 19.9 Å². The summed E-state index contributed by atoms with van der Waals surface area (Å²) in [6.07, 6.45) is 0. The summed E-state index contributed by atoms with van der Waals surface area (Å²) in [6, 6.07) is 23.5. The fourth-order valence-electron chi connectivity index (χ4n) is 4.33. The third kappa shape index (κ3) is 5.29. The SMILES string of the molecule is COc1cccc(N2CCN(C(C(=O)Nc3cc(C)ccc3OC)c3ccccc3)CC2)c1. The van der Waals surface area contributed by atoms with Crippen LogP contribution in [0.2, 0.25) is 0 Å². The van der Waals surface area contributed by atoms with Gasteiger partial charge in [0.15, 0.2) is 0 Å². The number of carbonyl (C=O) groups is 1. The van der Waals surface area contributed by atoms with Gasteiger partial charge in [-0.25, -0.2) is 0 Å². The number of carbonyl (C=O) groups excluding carboxylic acids is 1. The predicted molar refractivity (Wildman–Crippen MR) is 132 cm³/mol. The lowest BCUT2D eigenvalue weighted by atomic mass is 10.0. The van der Waals surface area contributed by atoms with Crippen LogP contribution < -0.4 is 19.7 Å². The summed E-state index contributed by atoms with van der Waals surface area (Å²) in [5.41, 5.74) is 3.88. The van der Waals surface area contributed by atoms with Crippen LogP contribution in [0.3, 0.4) is 0 Å². The lowest BCUT2D eigenvalue weighted by Crippen LogP contribution is -2.50. The number of piperazine rings is 1. The summed E-state index contributed by atoms with van der Waals surface area (Å²) in [6.45, 7) is 5.21. The van der Waals surface area contributed by atoms with Crippen LogP contribution in [0.1, 0.15) is 17.2 Å². The largest absolute Gasteiger partial charge is 0.497 e. The van der Waals surface area contributed by atoms with Crippen molar-refractivity contribution in [3.63, 3.8) is 0 Å². The van der Waals surface area contributed by atoms with E-state index in [1.54, 1.807) is 14.2 Å². The van der Waals surface area contributed by atoms with Crippen molar-refractivity contribution in [3.8, 4) is 11.5 Å². The Labute approximate surface area is 195 Å². The normalized spacial score (nSPS) is 15.1. The van der Waals surface area contributed by atoms with Gasteiger partial charge in [0.25, 0.3) is 0 Å². The molecule has 3 aromatic rings. The molecule has 0 saturated carbocycles.